The summed E-state index contributed by atoms with van der Waals surface area (Å²) in [7, 11) is 3.13. The number of nitrogens with one attached hydrogen (secondary N) is 1. The summed E-state index contributed by atoms with van der Waals surface area (Å²) in [6, 6.07) is 14.3. The molecule has 0 spiro atoms. The second kappa shape index (κ2) is 7.69. The van der Waals surface area contributed by atoms with E-state index in [0.717, 1.165) is 5.39 Å². The van der Waals surface area contributed by atoms with Crippen molar-refractivity contribution < 1.29 is 14.3 Å². The van der Waals surface area contributed by atoms with Crippen molar-refractivity contribution in [3.8, 4) is 11.5 Å². The average Bonchev–Trinajstić information content (AvgIpc) is 2.68. The zero-order valence-corrected chi connectivity index (χ0v) is 14.6. The van der Waals surface area contributed by atoms with Crippen LogP contribution in [0.3, 0.4) is 0 Å². The van der Waals surface area contributed by atoms with Crippen molar-refractivity contribution >= 4 is 16.7 Å². The summed E-state index contributed by atoms with van der Waals surface area (Å²) in [6.07, 6.45) is 0. The number of nitrogens with zero attached hydrogens (tertiary/aromatic N) is 2. The Morgan fingerprint density at radius 1 is 1.08 bits per heavy atom. The summed E-state index contributed by atoms with van der Waals surface area (Å²) >= 11 is 0. The van der Waals surface area contributed by atoms with Crippen molar-refractivity contribution in [2.24, 2.45) is 7.05 Å². The number of aryl methyl sites for hydroxylation is 1. The number of benzene rings is 2. The Labute approximate surface area is 150 Å². The molecule has 0 radical (unpaired) electrons. The summed E-state index contributed by atoms with van der Waals surface area (Å²) in [4.78, 5) is 24.2. The standard InChI is InChI=1S/C19H19N3O4/c1-22-19(24)14-8-4-3-7-13(14)15(21-22)11-20-18(23)12-26-17-10-6-5-9-16(17)25-2/h3-10H,11-12H2,1-2H3,(H,20,23). The van der Waals surface area contributed by atoms with E-state index in [1.54, 1.807) is 44.5 Å². The van der Waals surface area contributed by atoms with Gasteiger partial charge in [0.25, 0.3) is 11.5 Å². The first kappa shape index (κ1) is 17.5. The van der Waals surface area contributed by atoms with Crippen LogP contribution in [0.4, 0.5) is 0 Å². The highest BCUT2D eigenvalue weighted by Gasteiger charge is 2.11. The molecule has 7 nitrogen and oxygen atoms in total. The number of methoxy groups -OCH3 is 1. The van der Waals surface area contributed by atoms with Gasteiger partial charge in [-0.15, -0.1) is 0 Å². The lowest BCUT2D eigenvalue weighted by atomic mass is 10.1. The number of carbonyl (C=O) groups is 1. The zero-order valence-electron chi connectivity index (χ0n) is 14.6. The van der Waals surface area contributed by atoms with Crippen LogP contribution in [0.2, 0.25) is 0 Å². The molecule has 0 aliphatic heterocycles. The minimum atomic E-state index is -0.296. The fourth-order valence-electron chi connectivity index (χ4n) is 2.62. The molecule has 0 bridgehead atoms. The van der Waals surface area contributed by atoms with Crippen LogP contribution in [0.25, 0.3) is 10.8 Å². The van der Waals surface area contributed by atoms with Gasteiger partial charge in [-0.3, -0.25) is 9.59 Å². The number of ether oxygens (including phenoxy) is 2. The van der Waals surface area contributed by atoms with E-state index >= 15 is 0 Å². The molecular formula is C19H19N3O4. The van der Waals surface area contributed by atoms with Crippen LogP contribution in [0.5, 0.6) is 11.5 Å². The quantitative estimate of drug-likeness (QED) is 0.728. The lowest BCUT2D eigenvalue weighted by molar-refractivity contribution is -0.123. The minimum Gasteiger partial charge on any atom is -0.493 e. The van der Waals surface area contributed by atoms with Gasteiger partial charge in [0.05, 0.1) is 24.7 Å². The van der Waals surface area contributed by atoms with E-state index in [9.17, 15) is 9.59 Å². The van der Waals surface area contributed by atoms with Gasteiger partial charge in [-0.1, -0.05) is 30.3 Å². The van der Waals surface area contributed by atoms with E-state index in [-0.39, 0.29) is 24.6 Å². The van der Waals surface area contributed by atoms with E-state index in [1.165, 1.54) is 4.68 Å². The monoisotopic (exact) mass is 353 g/mol. The Kier molecular flexibility index (Phi) is 5.17. The van der Waals surface area contributed by atoms with Crippen molar-refractivity contribution in [1.29, 1.82) is 0 Å². The highest BCUT2D eigenvalue weighted by Crippen LogP contribution is 2.25. The second-order valence-corrected chi connectivity index (χ2v) is 5.64. The largest absolute Gasteiger partial charge is 0.493 e. The van der Waals surface area contributed by atoms with E-state index in [1.807, 2.05) is 18.2 Å². The van der Waals surface area contributed by atoms with Crippen molar-refractivity contribution in [2.45, 2.75) is 6.54 Å². The van der Waals surface area contributed by atoms with Crippen LogP contribution in [0.1, 0.15) is 5.69 Å². The SMILES string of the molecule is COc1ccccc1OCC(=O)NCc1nn(C)c(=O)c2ccccc12. The minimum absolute atomic E-state index is 0.149. The third-order valence-corrected chi connectivity index (χ3v) is 3.91. The molecule has 26 heavy (non-hydrogen) atoms. The lowest BCUT2D eigenvalue weighted by Gasteiger charge is -2.11. The fourth-order valence-corrected chi connectivity index (χ4v) is 2.62. The van der Waals surface area contributed by atoms with Gasteiger partial charge in [-0.2, -0.15) is 5.10 Å². The number of rotatable bonds is 6. The van der Waals surface area contributed by atoms with Gasteiger partial charge in [0.1, 0.15) is 0 Å². The molecule has 0 aliphatic rings. The Balaban J connectivity index is 1.68. The molecule has 134 valence electrons. The number of aromatic nitrogens is 2. The molecule has 1 heterocycles. The molecule has 0 saturated carbocycles. The normalized spacial score (nSPS) is 10.5. The van der Waals surface area contributed by atoms with Gasteiger partial charge in [0.2, 0.25) is 0 Å². The molecule has 0 saturated heterocycles. The Morgan fingerprint density at radius 2 is 1.73 bits per heavy atom. The molecule has 0 fully saturated rings. The summed E-state index contributed by atoms with van der Waals surface area (Å²) in [5.74, 6) is 0.762. The van der Waals surface area contributed by atoms with Gasteiger partial charge >= 0.3 is 0 Å². The van der Waals surface area contributed by atoms with Crippen LogP contribution in [-0.2, 0) is 18.4 Å². The Bertz CT molecular complexity index is 997. The van der Waals surface area contributed by atoms with Gasteiger partial charge in [-0.25, -0.2) is 4.68 Å². The van der Waals surface area contributed by atoms with Crippen molar-refractivity contribution in [3.05, 3.63) is 64.6 Å². The highest BCUT2D eigenvalue weighted by molar-refractivity contribution is 5.84. The predicted octanol–water partition coefficient (Wildman–Crippen LogP) is 1.64. The molecule has 0 atom stereocenters. The predicted molar refractivity (Wildman–Crippen MR) is 97.3 cm³/mol. The highest BCUT2D eigenvalue weighted by atomic mass is 16.5. The summed E-state index contributed by atoms with van der Waals surface area (Å²) in [6.45, 7) is 0.0484. The maximum atomic E-state index is 12.1. The molecule has 2 aromatic carbocycles. The van der Waals surface area contributed by atoms with Crippen LogP contribution < -0.4 is 20.3 Å². The lowest BCUT2D eigenvalue weighted by Crippen LogP contribution is -2.30. The number of amides is 1. The van der Waals surface area contributed by atoms with Crippen LogP contribution in [0.15, 0.2) is 53.3 Å². The third-order valence-electron chi connectivity index (χ3n) is 3.91. The molecular weight excluding hydrogens is 334 g/mol. The van der Waals surface area contributed by atoms with Gasteiger partial charge in [-0.05, 0) is 18.2 Å². The van der Waals surface area contributed by atoms with E-state index in [2.05, 4.69) is 10.4 Å². The van der Waals surface area contributed by atoms with Crippen LogP contribution in [0, 0.1) is 0 Å². The van der Waals surface area contributed by atoms with E-state index in [4.69, 9.17) is 9.47 Å². The van der Waals surface area contributed by atoms with Crippen LogP contribution >= 0.6 is 0 Å². The summed E-state index contributed by atoms with van der Waals surface area (Å²) in [5, 5.41) is 8.30. The first-order valence-electron chi connectivity index (χ1n) is 8.07. The van der Waals surface area contributed by atoms with Crippen molar-refractivity contribution in [2.75, 3.05) is 13.7 Å². The van der Waals surface area contributed by atoms with Gasteiger partial charge in [0.15, 0.2) is 18.1 Å². The molecule has 3 rings (SSSR count). The first-order chi connectivity index (χ1) is 12.6. The molecule has 1 aromatic heterocycles. The fraction of sp³-hybridized carbons (Fsp3) is 0.211. The number of hydrogen-bond donors (Lipinski definition) is 1. The molecule has 1 amide bonds. The van der Waals surface area contributed by atoms with E-state index in [0.29, 0.717) is 22.6 Å². The molecule has 7 heteroatoms. The van der Waals surface area contributed by atoms with Crippen molar-refractivity contribution in [3.63, 3.8) is 0 Å². The van der Waals surface area contributed by atoms with E-state index < -0.39 is 0 Å². The molecule has 0 aliphatic carbocycles. The number of hydrogen-bond acceptors (Lipinski definition) is 5. The Morgan fingerprint density at radius 3 is 2.46 bits per heavy atom. The molecule has 0 unspecified atom stereocenters. The topological polar surface area (TPSA) is 82.4 Å². The molecule has 3 aromatic rings. The smallest absolute Gasteiger partial charge is 0.274 e. The number of fused-ring (bicyclic) bond motifs is 1. The summed E-state index contributed by atoms with van der Waals surface area (Å²) < 4.78 is 11.9. The summed E-state index contributed by atoms with van der Waals surface area (Å²) in [5.41, 5.74) is 0.448. The van der Waals surface area contributed by atoms with Gasteiger partial charge < -0.3 is 14.8 Å². The number of para-hydroxylation sites is 2. The maximum Gasteiger partial charge on any atom is 0.274 e. The van der Waals surface area contributed by atoms with Crippen molar-refractivity contribution in [1.82, 2.24) is 15.1 Å². The zero-order chi connectivity index (χ0) is 18.5. The second-order valence-electron chi connectivity index (χ2n) is 5.64. The molecule has 1 N–H and O–H groups in total. The third kappa shape index (κ3) is 3.66. The maximum absolute atomic E-state index is 12.1. The number of carbonyl (C=O) groups excluding carboxylic acids is 1. The van der Waals surface area contributed by atoms with Crippen LogP contribution in [-0.4, -0.2) is 29.4 Å². The average molecular weight is 353 g/mol. The van der Waals surface area contributed by atoms with Gasteiger partial charge in [0, 0.05) is 12.4 Å². The Hall–Kier alpha value is -3.35. The first-order valence-corrected chi connectivity index (χ1v) is 8.07.